The van der Waals surface area contributed by atoms with E-state index in [2.05, 4.69) is 15.6 Å². The summed E-state index contributed by atoms with van der Waals surface area (Å²) in [6.45, 7) is 5.39. The molecule has 1 unspecified atom stereocenters. The summed E-state index contributed by atoms with van der Waals surface area (Å²) in [5.41, 5.74) is 2.76. The van der Waals surface area contributed by atoms with Crippen molar-refractivity contribution in [1.29, 1.82) is 0 Å². The van der Waals surface area contributed by atoms with E-state index in [1.807, 2.05) is 49.6 Å². The average molecular weight is 393 g/mol. The third-order valence-electron chi connectivity index (χ3n) is 4.64. The van der Waals surface area contributed by atoms with E-state index in [4.69, 9.17) is 4.74 Å². The Balaban J connectivity index is 1.54. The fraction of sp³-hybridized carbons (Fsp3) is 0.190. The molecule has 0 saturated heterocycles. The highest BCUT2D eigenvalue weighted by Gasteiger charge is 2.47. The number of thiazole rings is 1. The number of carbonyl (C=O) groups excluding carboxylic acids is 2. The second-order valence-corrected chi connectivity index (χ2v) is 7.81. The number of benzene rings is 2. The molecule has 0 saturated carbocycles. The van der Waals surface area contributed by atoms with Crippen LogP contribution < -0.4 is 15.4 Å². The number of hydrogen-bond donors (Lipinski definition) is 2. The maximum Gasteiger partial charge on any atom is 0.280 e. The minimum atomic E-state index is -1.68. The summed E-state index contributed by atoms with van der Waals surface area (Å²) in [7, 11) is 0. The van der Waals surface area contributed by atoms with Gasteiger partial charge in [0.2, 0.25) is 0 Å². The second-order valence-electron chi connectivity index (χ2n) is 6.95. The highest BCUT2D eigenvalue weighted by molar-refractivity contribution is 7.14. The van der Waals surface area contributed by atoms with Crippen LogP contribution in [0.2, 0.25) is 0 Å². The fourth-order valence-corrected chi connectivity index (χ4v) is 3.61. The van der Waals surface area contributed by atoms with Crippen molar-refractivity contribution in [2.24, 2.45) is 0 Å². The van der Waals surface area contributed by atoms with Gasteiger partial charge in [-0.25, -0.2) is 4.98 Å². The van der Waals surface area contributed by atoms with Crippen molar-refractivity contribution < 1.29 is 14.3 Å². The first kappa shape index (κ1) is 18.2. The standard InChI is InChI=1S/C21H19N3O3S/c1-12-4-7-14(8-5-12)16-11-28-20(23-16)24-19(26)21(3)18(25)22-15-10-13(2)6-9-17(15)27-21/h4-11H,1-3H3,(H,22,25)(H,23,24,26). The number of aromatic nitrogens is 1. The zero-order chi connectivity index (χ0) is 19.9. The fourth-order valence-electron chi connectivity index (χ4n) is 2.89. The molecule has 1 aromatic heterocycles. The summed E-state index contributed by atoms with van der Waals surface area (Å²) >= 11 is 1.30. The van der Waals surface area contributed by atoms with Gasteiger partial charge in [-0.05, 0) is 38.5 Å². The Morgan fingerprint density at radius 2 is 1.86 bits per heavy atom. The van der Waals surface area contributed by atoms with Gasteiger partial charge in [0, 0.05) is 10.9 Å². The van der Waals surface area contributed by atoms with Crippen molar-refractivity contribution in [1.82, 2.24) is 4.98 Å². The zero-order valence-corrected chi connectivity index (χ0v) is 16.5. The highest BCUT2D eigenvalue weighted by Crippen LogP contribution is 2.35. The normalized spacial score (nSPS) is 18.0. The number of nitrogens with zero attached hydrogens (tertiary/aromatic N) is 1. The number of ether oxygens (including phenoxy) is 1. The number of amides is 2. The van der Waals surface area contributed by atoms with Crippen LogP contribution >= 0.6 is 11.3 Å². The zero-order valence-electron chi connectivity index (χ0n) is 15.7. The summed E-state index contributed by atoms with van der Waals surface area (Å²) in [4.78, 5) is 29.9. The topological polar surface area (TPSA) is 80.3 Å². The Bertz CT molecular complexity index is 1070. The molecule has 1 atom stereocenters. The summed E-state index contributed by atoms with van der Waals surface area (Å²) in [5, 5.41) is 7.74. The van der Waals surface area contributed by atoms with Crippen molar-refractivity contribution in [2.45, 2.75) is 26.4 Å². The van der Waals surface area contributed by atoms with Crippen molar-refractivity contribution >= 4 is 34.0 Å². The summed E-state index contributed by atoms with van der Waals surface area (Å²) in [6.07, 6.45) is 0. The SMILES string of the molecule is Cc1ccc(-c2csc(NC(=O)C3(C)Oc4ccc(C)cc4NC3=O)n2)cc1. The van der Waals surface area contributed by atoms with Crippen LogP contribution in [0, 0.1) is 13.8 Å². The Hall–Kier alpha value is -3.19. The molecule has 0 aliphatic carbocycles. The monoisotopic (exact) mass is 393 g/mol. The lowest BCUT2D eigenvalue weighted by Gasteiger charge is -2.33. The van der Waals surface area contributed by atoms with E-state index < -0.39 is 17.4 Å². The second kappa shape index (κ2) is 6.76. The lowest BCUT2D eigenvalue weighted by atomic mass is 10.0. The first-order chi connectivity index (χ1) is 13.3. The van der Waals surface area contributed by atoms with Crippen LogP contribution in [0.5, 0.6) is 5.75 Å². The van der Waals surface area contributed by atoms with Crippen LogP contribution in [-0.4, -0.2) is 22.4 Å². The van der Waals surface area contributed by atoms with E-state index in [0.717, 1.165) is 22.4 Å². The largest absolute Gasteiger partial charge is 0.466 e. The lowest BCUT2D eigenvalue weighted by Crippen LogP contribution is -2.56. The first-order valence-electron chi connectivity index (χ1n) is 8.80. The van der Waals surface area contributed by atoms with E-state index in [9.17, 15) is 9.59 Å². The number of nitrogens with one attached hydrogen (secondary N) is 2. The Morgan fingerprint density at radius 3 is 2.61 bits per heavy atom. The van der Waals surface area contributed by atoms with Crippen LogP contribution in [0.25, 0.3) is 11.3 Å². The lowest BCUT2D eigenvalue weighted by molar-refractivity contribution is -0.143. The van der Waals surface area contributed by atoms with Gasteiger partial charge >= 0.3 is 0 Å². The van der Waals surface area contributed by atoms with Gasteiger partial charge in [0.05, 0.1) is 11.4 Å². The molecule has 6 nitrogen and oxygen atoms in total. The molecular weight excluding hydrogens is 374 g/mol. The molecule has 1 aliphatic heterocycles. The number of carbonyl (C=O) groups is 2. The Labute approximate surface area is 166 Å². The van der Waals surface area contributed by atoms with Gasteiger partial charge in [-0.15, -0.1) is 11.3 Å². The van der Waals surface area contributed by atoms with Crippen LogP contribution in [0.1, 0.15) is 18.1 Å². The molecule has 0 spiro atoms. The number of fused-ring (bicyclic) bond motifs is 1. The van der Waals surface area contributed by atoms with Crippen LogP contribution in [0.4, 0.5) is 10.8 Å². The average Bonchev–Trinajstić information content (AvgIpc) is 3.12. The van der Waals surface area contributed by atoms with Crippen LogP contribution in [0.3, 0.4) is 0 Å². The van der Waals surface area contributed by atoms with Gasteiger partial charge < -0.3 is 10.1 Å². The molecule has 4 rings (SSSR count). The maximum atomic E-state index is 12.8. The molecule has 2 aromatic carbocycles. The molecule has 7 heteroatoms. The number of hydrogen-bond acceptors (Lipinski definition) is 5. The van der Waals surface area contributed by atoms with Crippen LogP contribution in [0.15, 0.2) is 47.8 Å². The molecule has 2 N–H and O–H groups in total. The summed E-state index contributed by atoms with van der Waals surface area (Å²) in [5.74, 6) is -0.623. The van der Waals surface area contributed by atoms with Gasteiger partial charge in [-0.3, -0.25) is 14.9 Å². The molecule has 0 bridgehead atoms. The third kappa shape index (κ3) is 3.25. The molecule has 142 valence electrons. The molecule has 3 aromatic rings. The minimum Gasteiger partial charge on any atom is -0.466 e. The van der Waals surface area contributed by atoms with E-state index in [-0.39, 0.29) is 0 Å². The van der Waals surface area contributed by atoms with Gasteiger partial charge in [-0.2, -0.15) is 0 Å². The molecule has 2 heterocycles. The van der Waals surface area contributed by atoms with E-state index in [0.29, 0.717) is 16.6 Å². The van der Waals surface area contributed by atoms with Crippen molar-refractivity contribution in [3.05, 3.63) is 59.0 Å². The van der Waals surface area contributed by atoms with Crippen LogP contribution in [-0.2, 0) is 9.59 Å². The highest BCUT2D eigenvalue weighted by atomic mass is 32.1. The first-order valence-corrected chi connectivity index (χ1v) is 9.68. The van der Waals surface area contributed by atoms with Crippen molar-refractivity contribution in [2.75, 3.05) is 10.6 Å². The van der Waals surface area contributed by atoms with Gasteiger partial charge in [0.1, 0.15) is 5.75 Å². The molecule has 1 aliphatic rings. The minimum absolute atomic E-state index is 0.410. The number of aryl methyl sites for hydroxylation is 2. The van der Waals surface area contributed by atoms with E-state index >= 15 is 0 Å². The maximum absolute atomic E-state index is 12.8. The van der Waals surface area contributed by atoms with Gasteiger partial charge in [0.15, 0.2) is 5.13 Å². The molecular formula is C21H19N3O3S. The van der Waals surface area contributed by atoms with E-state index in [1.54, 1.807) is 12.1 Å². The molecule has 0 radical (unpaired) electrons. The van der Waals surface area contributed by atoms with Crippen molar-refractivity contribution in [3.8, 4) is 17.0 Å². The summed E-state index contributed by atoms with van der Waals surface area (Å²) < 4.78 is 5.78. The smallest absolute Gasteiger partial charge is 0.280 e. The molecule has 28 heavy (non-hydrogen) atoms. The Morgan fingerprint density at radius 1 is 1.14 bits per heavy atom. The van der Waals surface area contributed by atoms with Gasteiger partial charge in [0.25, 0.3) is 17.4 Å². The Kier molecular flexibility index (Phi) is 4.39. The van der Waals surface area contributed by atoms with E-state index in [1.165, 1.54) is 18.3 Å². The number of rotatable bonds is 3. The van der Waals surface area contributed by atoms with Crippen molar-refractivity contribution in [3.63, 3.8) is 0 Å². The molecule has 0 fully saturated rings. The quantitative estimate of drug-likeness (QED) is 0.655. The predicted molar refractivity (Wildman–Crippen MR) is 110 cm³/mol. The van der Waals surface area contributed by atoms with Gasteiger partial charge in [-0.1, -0.05) is 35.9 Å². The summed E-state index contributed by atoms with van der Waals surface area (Å²) in [6, 6.07) is 13.4. The number of anilines is 2. The molecule has 2 amide bonds. The predicted octanol–water partition coefficient (Wildman–Crippen LogP) is 4.16. The third-order valence-corrected chi connectivity index (χ3v) is 5.39.